The molecule has 0 heterocycles. The summed E-state index contributed by atoms with van der Waals surface area (Å²) in [5.74, 6) is -0.466. The van der Waals surface area contributed by atoms with Gasteiger partial charge >= 0.3 is 0 Å². The number of amides is 2. The van der Waals surface area contributed by atoms with Crippen molar-refractivity contribution in [2.75, 3.05) is 11.9 Å². The molecule has 5 nitrogen and oxygen atoms in total. The molecule has 5 heteroatoms. The molecule has 0 spiro atoms. The lowest BCUT2D eigenvalue weighted by Crippen LogP contribution is -2.39. The summed E-state index contributed by atoms with van der Waals surface area (Å²) in [6.45, 7) is 7.31. The lowest BCUT2D eigenvalue weighted by atomic mass is 9.89. The molecule has 0 aromatic heterocycles. The fourth-order valence-electron chi connectivity index (χ4n) is 1.54. The second kappa shape index (κ2) is 6.52. The van der Waals surface area contributed by atoms with Gasteiger partial charge in [0.25, 0.3) is 5.91 Å². The van der Waals surface area contributed by atoms with Crippen LogP contribution in [0.15, 0.2) is 24.3 Å². The van der Waals surface area contributed by atoms with E-state index in [0.717, 1.165) is 0 Å². The van der Waals surface area contributed by atoms with Gasteiger partial charge in [0.05, 0.1) is 6.10 Å². The van der Waals surface area contributed by atoms with Gasteiger partial charge < -0.3 is 15.7 Å². The van der Waals surface area contributed by atoms with Gasteiger partial charge in [-0.25, -0.2) is 0 Å². The summed E-state index contributed by atoms with van der Waals surface area (Å²) >= 11 is 0. The van der Waals surface area contributed by atoms with Crippen LogP contribution in [0, 0.1) is 5.41 Å². The largest absolute Gasteiger partial charge is 0.391 e. The number of aliphatic hydroxyl groups excluding tert-OH is 1. The van der Waals surface area contributed by atoms with Crippen LogP contribution in [0.25, 0.3) is 0 Å². The number of rotatable bonds is 4. The van der Waals surface area contributed by atoms with Gasteiger partial charge in [0.15, 0.2) is 0 Å². The number of aliphatic hydroxyl groups is 1. The van der Waals surface area contributed by atoms with Gasteiger partial charge in [0.1, 0.15) is 0 Å². The lowest BCUT2D eigenvalue weighted by molar-refractivity contribution is -0.114. The fraction of sp³-hybridized carbons (Fsp3) is 0.467. The van der Waals surface area contributed by atoms with Gasteiger partial charge in [0.2, 0.25) is 5.91 Å². The highest BCUT2D eigenvalue weighted by Gasteiger charge is 2.22. The van der Waals surface area contributed by atoms with Gasteiger partial charge in [-0.3, -0.25) is 9.59 Å². The highest BCUT2D eigenvalue weighted by molar-refractivity contribution is 5.96. The van der Waals surface area contributed by atoms with Gasteiger partial charge in [-0.05, 0) is 23.6 Å². The van der Waals surface area contributed by atoms with Crippen molar-refractivity contribution in [2.45, 2.75) is 33.8 Å². The van der Waals surface area contributed by atoms with Crippen molar-refractivity contribution in [1.29, 1.82) is 0 Å². The van der Waals surface area contributed by atoms with E-state index in [9.17, 15) is 14.7 Å². The monoisotopic (exact) mass is 278 g/mol. The smallest absolute Gasteiger partial charge is 0.251 e. The average molecular weight is 278 g/mol. The van der Waals surface area contributed by atoms with Gasteiger partial charge in [-0.15, -0.1) is 0 Å². The Morgan fingerprint density at radius 2 is 1.95 bits per heavy atom. The molecule has 2 amide bonds. The lowest BCUT2D eigenvalue weighted by Gasteiger charge is -2.25. The Bertz CT molecular complexity index is 492. The van der Waals surface area contributed by atoms with E-state index in [1.807, 2.05) is 20.8 Å². The maximum Gasteiger partial charge on any atom is 0.251 e. The minimum absolute atomic E-state index is 0.187. The number of hydrogen-bond acceptors (Lipinski definition) is 3. The number of benzene rings is 1. The average Bonchev–Trinajstić information content (AvgIpc) is 2.33. The Morgan fingerprint density at radius 3 is 2.50 bits per heavy atom. The predicted molar refractivity (Wildman–Crippen MR) is 78.5 cm³/mol. The van der Waals surface area contributed by atoms with Crippen molar-refractivity contribution >= 4 is 17.5 Å². The summed E-state index contributed by atoms with van der Waals surface area (Å²) in [4.78, 5) is 23.0. The second-order valence-corrected chi connectivity index (χ2v) is 5.85. The molecule has 0 aliphatic carbocycles. The Labute approximate surface area is 119 Å². The normalized spacial score (nSPS) is 12.7. The third-order valence-electron chi connectivity index (χ3n) is 2.90. The summed E-state index contributed by atoms with van der Waals surface area (Å²) in [5.41, 5.74) is 0.726. The summed E-state index contributed by atoms with van der Waals surface area (Å²) < 4.78 is 0. The zero-order valence-corrected chi connectivity index (χ0v) is 12.4. The standard InChI is InChI=1S/C15H22N2O3/c1-10(18)17-12-7-5-6-11(8-12)14(20)16-9-13(19)15(2,3)4/h5-8,13,19H,9H2,1-4H3,(H,16,20)(H,17,18). The van der Waals surface area contributed by atoms with E-state index in [4.69, 9.17) is 0 Å². The van der Waals surface area contributed by atoms with E-state index in [-0.39, 0.29) is 23.8 Å². The van der Waals surface area contributed by atoms with Crippen LogP contribution in [0.2, 0.25) is 0 Å². The van der Waals surface area contributed by atoms with Crippen molar-refractivity contribution in [3.8, 4) is 0 Å². The molecule has 0 saturated heterocycles. The van der Waals surface area contributed by atoms with Crippen LogP contribution in [0.4, 0.5) is 5.69 Å². The topological polar surface area (TPSA) is 78.4 Å². The molecule has 1 unspecified atom stereocenters. The molecule has 1 aromatic carbocycles. The van der Waals surface area contributed by atoms with Crippen molar-refractivity contribution in [3.63, 3.8) is 0 Å². The zero-order valence-electron chi connectivity index (χ0n) is 12.4. The van der Waals surface area contributed by atoms with E-state index in [0.29, 0.717) is 11.3 Å². The first kappa shape index (κ1) is 16.2. The third-order valence-corrected chi connectivity index (χ3v) is 2.90. The Kier molecular flexibility index (Phi) is 5.27. The Balaban J connectivity index is 2.66. The number of carbonyl (C=O) groups is 2. The van der Waals surface area contributed by atoms with Crippen LogP contribution in [0.3, 0.4) is 0 Å². The minimum atomic E-state index is -0.620. The van der Waals surface area contributed by atoms with E-state index in [2.05, 4.69) is 10.6 Å². The number of carbonyl (C=O) groups excluding carboxylic acids is 2. The maximum atomic E-state index is 12.0. The fourth-order valence-corrected chi connectivity index (χ4v) is 1.54. The van der Waals surface area contributed by atoms with Crippen LogP contribution in [0.5, 0.6) is 0 Å². The van der Waals surface area contributed by atoms with Crippen molar-refractivity contribution in [3.05, 3.63) is 29.8 Å². The molecule has 1 aromatic rings. The Morgan fingerprint density at radius 1 is 1.30 bits per heavy atom. The van der Waals surface area contributed by atoms with Crippen LogP contribution >= 0.6 is 0 Å². The maximum absolute atomic E-state index is 12.0. The highest BCUT2D eigenvalue weighted by Crippen LogP contribution is 2.18. The molecule has 110 valence electrons. The van der Waals surface area contributed by atoms with E-state index >= 15 is 0 Å². The second-order valence-electron chi connectivity index (χ2n) is 5.85. The molecule has 0 aliphatic heterocycles. The molecular weight excluding hydrogens is 256 g/mol. The summed E-state index contributed by atoms with van der Waals surface area (Å²) in [7, 11) is 0. The van der Waals surface area contributed by atoms with E-state index < -0.39 is 6.10 Å². The molecule has 0 fully saturated rings. The minimum Gasteiger partial charge on any atom is -0.391 e. The van der Waals surface area contributed by atoms with Crippen LogP contribution in [-0.4, -0.2) is 29.6 Å². The summed E-state index contributed by atoms with van der Waals surface area (Å²) in [6, 6.07) is 6.66. The van der Waals surface area contributed by atoms with Crippen molar-refractivity contribution in [2.24, 2.45) is 5.41 Å². The molecule has 0 radical (unpaired) electrons. The Hall–Kier alpha value is -1.88. The van der Waals surface area contributed by atoms with Crippen LogP contribution < -0.4 is 10.6 Å². The third kappa shape index (κ3) is 5.01. The highest BCUT2D eigenvalue weighted by atomic mass is 16.3. The summed E-state index contributed by atoms with van der Waals surface area (Å²) in [5, 5.41) is 15.2. The van der Waals surface area contributed by atoms with Gasteiger partial charge in [0, 0.05) is 24.7 Å². The number of hydrogen-bond donors (Lipinski definition) is 3. The van der Waals surface area contributed by atoms with Crippen LogP contribution in [-0.2, 0) is 4.79 Å². The quantitative estimate of drug-likeness (QED) is 0.785. The predicted octanol–water partition coefficient (Wildman–Crippen LogP) is 1.78. The number of nitrogens with one attached hydrogen (secondary N) is 2. The SMILES string of the molecule is CC(=O)Nc1cccc(C(=O)NCC(O)C(C)(C)C)c1. The molecule has 20 heavy (non-hydrogen) atoms. The number of anilines is 1. The first-order valence-electron chi connectivity index (χ1n) is 6.54. The molecular formula is C15H22N2O3. The van der Waals surface area contributed by atoms with Gasteiger partial charge in [-0.2, -0.15) is 0 Å². The van der Waals surface area contributed by atoms with Crippen molar-refractivity contribution < 1.29 is 14.7 Å². The first-order valence-corrected chi connectivity index (χ1v) is 6.54. The molecule has 3 N–H and O–H groups in total. The van der Waals surface area contributed by atoms with Crippen LogP contribution in [0.1, 0.15) is 38.1 Å². The molecule has 0 aliphatic rings. The molecule has 1 atom stereocenters. The molecule has 0 saturated carbocycles. The zero-order chi connectivity index (χ0) is 15.3. The van der Waals surface area contributed by atoms with Gasteiger partial charge in [-0.1, -0.05) is 26.8 Å². The molecule has 1 rings (SSSR count). The van der Waals surface area contributed by atoms with E-state index in [1.165, 1.54) is 6.92 Å². The molecule has 0 bridgehead atoms. The first-order chi connectivity index (χ1) is 9.20. The van der Waals surface area contributed by atoms with Crippen molar-refractivity contribution in [1.82, 2.24) is 5.32 Å². The summed E-state index contributed by atoms with van der Waals surface area (Å²) in [6.07, 6.45) is -0.620. The van der Waals surface area contributed by atoms with E-state index in [1.54, 1.807) is 24.3 Å².